The second-order valence-corrected chi connectivity index (χ2v) is 15.3. The van der Waals surface area contributed by atoms with Crippen LogP contribution in [0.5, 0.6) is 0 Å². The number of esters is 2. The molecular weight excluding hydrogens is 653 g/mol. The maximum Gasteiger partial charge on any atom is 0.472 e. The number of ether oxygens (including phenoxy) is 2. The highest BCUT2D eigenvalue weighted by atomic mass is 31.2. The lowest BCUT2D eigenvalue weighted by atomic mass is 10.1. The van der Waals surface area contributed by atoms with Crippen molar-refractivity contribution in [3.63, 3.8) is 0 Å². The molecule has 0 saturated heterocycles. The van der Waals surface area contributed by atoms with Gasteiger partial charge in [-0.25, -0.2) is 4.57 Å². The van der Waals surface area contributed by atoms with Crippen LogP contribution in [0.25, 0.3) is 0 Å². The van der Waals surface area contributed by atoms with Gasteiger partial charge in [-0.3, -0.25) is 18.6 Å². The van der Waals surface area contributed by atoms with Crippen molar-refractivity contribution in [3.05, 3.63) is 12.2 Å². The summed E-state index contributed by atoms with van der Waals surface area (Å²) in [6.45, 7) is 3.72. The van der Waals surface area contributed by atoms with Crippen molar-refractivity contribution in [3.8, 4) is 0 Å². The minimum atomic E-state index is -4.37. The number of phosphoric acid groups is 1. The summed E-state index contributed by atoms with van der Waals surface area (Å²) in [5.41, 5.74) is 5.33. The van der Waals surface area contributed by atoms with Crippen LogP contribution in [0.1, 0.15) is 200 Å². The van der Waals surface area contributed by atoms with E-state index < -0.39 is 26.5 Å². The molecule has 0 aromatic carbocycles. The van der Waals surface area contributed by atoms with Crippen LogP contribution in [0.3, 0.4) is 0 Å². The number of carbonyl (C=O) groups excluding carboxylic acids is 2. The lowest BCUT2D eigenvalue weighted by Crippen LogP contribution is -2.29. The van der Waals surface area contributed by atoms with Crippen molar-refractivity contribution in [1.82, 2.24) is 0 Å². The molecule has 0 radical (unpaired) electrons. The lowest BCUT2D eigenvalue weighted by molar-refractivity contribution is -0.161. The van der Waals surface area contributed by atoms with E-state index in [1.165, 1.54) is 135 Å². The monoisotopic (exact) mass is 732 g/mol. The predicted molar refractivity (Wildman–Crippen MR) is 206 cm³/mol. The van der Waals surface area contributed by atoms with Gasteiger partial charge in [0.2, 0.25) is 0 Å². The molecule has 9 nitrogen and oxygen atoms in total. The van der Waals surface area contributed by atoms with E-state index in [0.29, 0.717) is 6.42 Å². The SMILES string of the molecule is CCCCCCCCCC/C=C\CCCCCCCCCC(=O)OC[C@H](COP(=O)(O)OCCN)OC(=O)CCCCCCCCCCCC. The Hall–Kier alpha value is -1.25. The average Bonchev–Trinajstić information content (AvgIpc) is 3.10. The fourth-order valence-corrected chi connectivity index (χ4v) is 6.57. The van der Waals surface area contributed by atoms with E-state index in [0.717, 1.165) is 32.1 Å². The first-order chi connectivity index (χ1) is 24.3. The van der Waals surface area contributed by atoms with Gasteiger partial charge in [-0.15, -0.1) is 0 Å². The van der Waals surface area contributed by atoms with Crippen LogP contribution < -0.4 is 5.73 Å². The van der Waals surface area contributed by atoms with E-state index in [2.05, 4.69) is 26.0 Å². The van der Waals surface area contributed by atoms with Gasteiger partial charge in [-0.1, -0.05) is 161 Å². The van der Waals surface area contributed by atoms with Crippen LogP contribution in [0.4, 0.5) is 0 Å². The van der Waals surface area contributed by atoms with Crippen LogP contribution in [0.15, 0.2) is 12.2 Å². The zero-order chi connectivity index (χ0) is 36.8. The van der Waals surface area contributed by atoms with Gasteiger partial charge in [-0.05, 0) is 38.5 Å². The Balaban J connectivity index is 4.09. The second-order valence-electron chi connectivity index (χ2n) is 13.9. The molecule has 0 bridgehead atoms. The van der Waals surface area contributed by atoms with Crippen LogP contribution >= 0.6 is 7.82 Å². The molecule has 0 aliphatic heterocycles. The Kier molecular flexibility index (Phi) is 36.6. The molecule has 0 aromatic rings. The molecular formula is C40H78NO8P. The number of hydrogen-bond donors (Lipinski definition) is 2. The van der Waals surface area contributed by atoms with Crippen LogP contribution in [0.2, 0.25) is 0 Å². The van der Waals surface area contributed by atoms with Gasteiger partial charge in [0.1, 0.15) is 6.61 Å². The standard InChI is InChI=1S/C40H78NO8P/c1-3-5-7-9-11-13-15-16-17-18-19-20-21-22-23-25-26-28-30-32-39(42)46-36-38(37-48-50(44,45)47-35-34-41)49-40(43)33-31-29-27-24-14-12-10-8-6-4-2/h18-19,38H,3-17,20-37,41H2,1-2H3,(H,44,45)/b19-18-/t38-/m1/s1. The first-order valence-corrected chi connectivity index (χ1v) is 22.2. The molecule has 0 saturated carbocycles. The van der Waals surface area contributed by atoms with Crippen molar-refractivity contribution < 1.29 is 37.6 Å². The second kappa shape index (κ2) is 37.5. The molecule has 2 atom stereocenters. The third kappa shape index (κ3) is 36.5. The highest BCUT2D eigenvalue weighted by Crippen LogP contribution is 2.43. The van der Waals surface area contributed by atoms with E-state index in [4.69, 9.17) is 24.3 Å². The van der Waals surface area contributed by atoms with E-state index in [1.807, 2.05) is 0 Å². The molecule has 296 valence electrons. The van der Waals surface area contributed by atoms with Crippen molar-refractivity contribution in [2.75, 3.05) is 26.4 Å². The summed E-state index contributed by atoms with van der Waals surface area (Å²) >= 11 is 0. The van der Waals surface area contributed by atoms with Crippen LogP contribution in [-0.2, 0) is 32.7 Å². The van der Waals surface area contributed by atoms with E-state index in [9.17, 15) is 19.0 Å². The van der Waals surface area contributed by atoms with Crippen molar-refractivity contribution >= 4 is 19.8 Å². The van der Waals surface area contributed by atoms with Crippen molar-refractivity contribution in [1.29, 1.82) is 0 Å². The number of phosphoric ester groups is 1. The van der Waals surface area contributed by atoms with Crippen LogP contribution in [-0.4, -0.2) is 49.3 Å². The maximum absolute atomic E-state index is 12.5. The van der Waals surface area contributed by atoms with Gasteiger partial charge >= 0.3 is 19.8 Å². The summed E-state index contributed by atoms with van der Waals surface area (Å²) in [6.07, 6.45) is 36.7. The first kappa shape index (κ1) is 48.8. The Labute approximate surface area is 307 Å². The molecule has 0 fully saturated rings. The van der Waals surface area contributed by atoms with Gasteiger partial charge in [0.25, 0.3) is 0 Å². The number of allylic oxidation sites excluding steroid dienone is 2. The smallest absolute Gasteiger partial charge is 0.462 e. The zero-order valence-corrected chi connectivity index (χ0v) is 33.3. The van der Waals surface area contributed by atoms with Crippen molar-refractivity contribution in [2.45, 2.75) is 206 Å². The van der Waals surface area contributed by atoms with Crippen molar-refractivity contribution in [2.24, 2.45) is 5.73 Å². The number of nitrogens with two attached hydrogens (primary N) is 1. The van der Waals surface area contributed by atoms with Gasteiger partial charge < -0.3 is 20.1 Å². The molecule has 10 heteroatoms. The minimum Gasteiger partial charge on any atom is -0.462 e. The zero-order valence-electron chi connectivity index (χ0n) is 32.4. The number of rotatable bonds is 39. The first-order valence-electron chi connectivity index (χ1n) is 20.7. The topological polar surface area (TPSA) is 134 Å². The quantitative estimate of drug-likeness (QED) is 0.0274. The summed E-state index contributed by atoms with van der Waals surface area (Å²) in [6, 6.07) is 0. The number of hydrogen-bond acceptors (Lipinski definition) is 8. The number of unbranched alkanes of at least 4 members (excludes halogenated alkanes) is 24. The molecule has 0 rings (SSSR count). The maximum atomic E-state index is 12.5. The van der Waals surface area contributed by atoms with Gasteiger partial charge in [0, 0.05) is 19.4 Å². The molecule has 1 unspecified atom stereocenters. The largest absolute Gasteiger partial charge is 0.472 e. The third-order valence-corrected chi connectivity index (χ3v) is 9.89. The molecule has 0 aliphatic carbocycles. The normalized spacial score (nSPS) is 13.4. The fraction of sp³-hybridized carbons (Fsp3) is 0.900. The Morgan fingerprint density at radius 2 is 0.980 bits per heavy atom. The Morgan fingerprint density at radius 1 is 0.580 bits per heavy atom. The molecule has 50 heavy (non-hydrogen) atoms. The van der Waals surface area contributed by atoms with E-state index in [1.54, 1.807) is 0 Å². The summed E-state index contributed by atoms with van der Waals surface area (Å²) in [4.78, 5) is 34.7. The highest BCUT2D eigenvalue weighted by molar-refractivity contribution is 7.47. The minimum absolute atomic E-state index is 0.0554. The molecule has 3 N–H and O–H groups in total. The average molecular weight is 732 g/mol. The molecule has 0 aliphatic rings. The summed E-state index contributed by atoms with van der Waals surface area (Å²) < 4.78 is 32.7. The van der Waals surface area contributed by atoms with Gasteiger partial charge in [-0.2, -0.15) is 0 Å². The third-order valence-electron chi connectivity index (χ3n) is 8.90. The summed E-state index contributed by atoms with van der Waals surface area (Å²) in [5.74, 6) is -0.828. The van der Waals surface area contributed by atoms with Crippen LogP contribution in [0, 0.1) is 0 Å². The molecule has 0 heterocycles. The van der Waals surface area contributed by atoms with E-state index in [-0.39, 0.29) is 38.6 Å². The summed E-state index contributed by atoms with van der Waals surface area (Å²) in [5, 5.41) is 0. The van der Waals surface area contributed by atoms with Gasteiger partial charge in [0.05, 0.1) is 13.2 Å². The highest BCUT2D eigenvalue weighted by Gasteiger charge is 2.26. The summed E-state index contributed by atoms with van der Waals surface area (Å²) in [7, 11) is -4.37. The Bertz CT molecular complexity index is 840. The fourth-order valence-electron chi connectivity index (χ4n) is 5.81. The van der Waals surface area contributed by atoms with Gasteiger partial charge in [0.15, 0.2) is 6.10 Å². The Morgan fingerprint density at radius 3 is 1.42 bits per heavy atom. The molecule has 0 aromatic heterocycles. The number of carbonyl (C=O) groups is 2. The molecule has 0 spiro atoms. The van der Waals surface area contributed by atoms with E-state index >= 15 is 0 Å². The molecule has 0 amide bonds. The predicted octanol–water partition coefficient (Wildman–Crippen LogP) is 11.4. The lowest BCUT2D eigenvalue weighted by Gasteiger charge is -2.19.